The van der Waals surface area contributed by atoms with Gasteiger partial charge in [-0.3, -0.25) is 24.4 Å². The summed E-state index contributed by atoms with van der Waals surface area (Å²) in [7, 11) is 3.99. The van der Waals surface area contributed by atoms with E-state index in [-0.39, 0.29) is 18.2 Å². The monoisotopic (exact) mass is 1450 g/mol. The van der Waals surface area contributed by atoms with E-state index in [1.807, 2.05) is 21.6 Å². The number of carbonyl (C=O) groups is 1. The fourth-order valence-corrected chi connectivity index (χ4v) is 15.4. The van der Waals surface area contributed by atoms with Gasteiger partial charge in [-0.25, -0.2) is 0 Å². The van der Waals surface area contributed by atoms with Crippen molar-refractivity contribution in [1.29, 1.82) is 0 Å². The summed E-state index contributed by atoms with van der Waals surface area (Å²) in [6.07, 6.45) is 90.6. The van der Waals surface area contributed by atoms with E-state index in [1.54, 1.807) is 0 Å². The zero-order valence-electron chi connectivity index (χ0n) is 66.5. The maximum Gasteiger partial charge on any atom is 0.305 e. The van der Waals surface area contributed by atoms with Crippen LogP contribution in [0, 0.1) is 0 Å². The molecule has 0 aromatic carbocycles. The SMILES string of the molecule is CC/C=C\C/C=C\C/C=C\CCCCCC[C@@H](O)CN(CCCCC(=O)OCCN1CCN(CCSSCCCCN(C[C@@H](O)CCCCCC/C=C\CCCCCCCC)C[C@@H](O)CCCCCC/C=C\CCCCCCCC)CC1)C[C@H](O)CCCCCC/C=C\C/C=C\C/C=C\CC. The minimum absolute atomic E-state index is 0.127. The number of esters is 1. The Hall–Kier alpha value is -2.23. The maximum absolute atomic E-state index is 12.9. The molecule has 101 heavy (non-hydrogen) atoms. The Kier molecular flexibility index (Phi) is 75.5. The number of allylic oxidation sites excluding steroid dienone is 16. The Labute approximate surface area is 633 Å². The van der Waals surface area contributed by atoms with Gasteiger partial charge in [-0.1, -0.05) is 288 Å². The number of ether oxygens (including phenoxy) is 1. The van der Waals surface area contributed by atoms with Gasteiger partial charge in [0, 0.05) is 83.4 Å². The summed E-state index contributed by atoms with van der Waals surface area (Å²) in [4.78, 5) is 22.5. The molecule has 588 valence electrons. The summed E-state index contributed by atoms with van der Waals surface area (Å²) in [5.41, 5.74) is 0. The van der Waals surface area contributed by atoms with Gasteiger partial charge in [-0.15, -0.1) is 0 Å². The average molecular weight is 1450 g/mol. The van der Waals surface area contributed by atoms with Gasteiger partial charge < -0.3 is 25.2 Å². The predicted molar refractivity (Wildman–Crippen MR) is 448 cm³/mol. The third-order valence-electron chi connectivity index (χ3n) is 19.6. The quantitative estimate of drug-likeness (QED) is 0.0201. The summed E-state index contributed by atoms with van der Waals surface area (Å²) >= 11 is 0. The van der Waals surface area contributed by atoms with Crippen LogP contribution < -0.4 is 0 Å². The predicted octanol–water partition coefficient (Wildman–Crippen LogP) is 23.2. The van der Waals surface area contributed by atoms with Crippen molar-refractivity contribution >= 4 is 27.6 Å². The van der Waals surface area contributed by atoms with Crippen LogP contribution in [0.15, 0.2) is 97.2 Å². The molecule has 1 heterocycles. The summed E-state index contributed by atoms with van der Waals surface area (Å²) in [6.45, 7) is 19.4. The van der Waals surface area contributed by atoms with Crippen LogP contribution in [0.25, 0.3) is 0 Å². The number of hydrogen-bond donors (Lipinski definition) is 4. The van der Waals surface area contributed by atoms with Gasteiger partial charge >= 0.3 is 5.97 Å². The highest BCUT2D eigenvalue weighted by Gasteiger charge is 2.20. The van der Waals surface area contributed by atoms with E-state index >= 15 is 0 Å². The molecule has 0 spiro atoms. The third kappa shape index (κ3) is 71.8. The fourth-order valence-electron chi connectivity index (χ4n) is 13.2. The highest BCUT2D eigenvalue weighted by atomic mass is 33.1. The first-order chi connectivity index (χ1) is 49.7. The molecule has 1 rings (SSSR count). The van der Waals surface area contributed by atoms with E-state index in [2.05, 4.69) is 145 Å². The zero-order valence-corrected chi connectivity index (χ0v) is 68.1. The van der Waals surface area contributed by atoms with Crippen LogP contribution in [-0.2, 0) is 9.53 Å². The van der Waals surface area contributed by atoms with E-state index < -0.39 is 12.2 Å². The highest BCUT2D eigenvalue weighted by molar-refractivity contribution is 8.76. The molecule has 0 aliphatic carbocycles. The summed E-state index contributed by atoms with van der Waals surface area (Å²) in [5, 5.41) is 44.8. The Morgan fingerprint density at radius 3 is 1.01 bits per heavy atom. The van der Waals surface area contributed by atoms with Gasteiger partial charge in [-0.2, -0.15) is 0 Å². The smallest absolute Gasteiger partial charge is 0.305 e. The minimum Gasteiger partial charge on any atom is -0.464 e. The van der Waals surface area contributed by atoms with E-state index in [4.69, 9.17) is 4.74 Å². The van der Waals surface area contributed by atoms with Gasteiger partial charge in [-0.05, 0) is 180 Å². The largest absolute Gasteiger partial charge is 0.464 e. The van der Waals surface area contributed by atoms with Gasteiger partial charge in [0.25, 0.3) is 0 Å². The van der Waals surface area contributed by atoms with Gasteiger partial charge in [0.1, 0.15) is 6.61 Å². The first kappa shape index (κ1) is 96.8. The normalized spacial score (nSPS) is 15.1. The van der Waals surface area contributed by atoms with Gasteiger partial charge in [0.05, 0.1) is 24.4 Å². The molecule has 0 unspecified atom stereocenters. The molecule has 0 amide bonds. The van der Waals surface area contributed by atoms with E-state index in [9.17, 15) is 25.2 Å². The maximum atomic E-state index is 12.9. The van der Waals surface area contributed by atoms with Crippen molar-refractivity contribution in [2.45, 2.75) is 367 Å². The van der Waals surface area contributed by atoms with E-state index in [1.165, 1.54) is 167 Å². The lowest BCUT2D eigenvalue weighted by Gasteiger charge is -2.34. The highest BCUT2D eigenvalue weighted by Crippen LogP contribution is 2.24. The molecular weight excluding hydrogens is 1290 g/mol. The molecule has 1 aliphatic rings. The fraction of sp³-hybridized carbons (Fsp3) is 0.809. The van der Waals surface area contributed by atoms with Gasteiger partial charge in [0.15, 0.2) is 0 Å². The molecule has 1 saturated heterocycles. The Morgan fingerprint density at radius 1 is 0.347 bits per heavy atom. The second kappa shape index (κ2) is 78.8. The number of aliphatic hydroxyl groups excluding tert-OH is 4. The number of unbranched alkanes of at least 4 members (excludes halogenated alkanes) is 30. The standard InChI is InChI=1S/C89H164N4O6S2/c1-5-9-13-17-21-25-29-33-37-41-45-49-53-57-65-85(94)81-92(82-86(95)66-58-54-50-46-42-38-34-30-26-22-18-14-10-6-2)70-62-61-69-89(98)99-78-76-90-72-74-91(75-73-90)77-80-101-100-79-64-63-71-93(83-87(96)67-59-55-51-47-43-39-35-31-27-23-19-15-11-7-3)84-88(97)68-60-56-52-48-44-40-36-32-28-24-20-16-12-8-4/h9-10,13-14,21-22,25-26,33-40,85-88,94-97H,5-8,11-12,15-20,23-24,27-32,41-84H2,1-4H3/b13-9-,14-10-,25-21-,26-22-,37-33-,38-34-,39-35-,40-36-/t85-,86-,87+,88+/m1/s1. The molecule has 0 bridgehead atoms. The van der Waals surface area contributed by atoms with Crippen molar-refractivity contribution in [3.05, 3.63) is 97.2 Å². The first-order valence-corrected chi connectivity index (χ1v) is 45.4. The molecule has 0 radical (unpaired) electrons. The Morgan fingerprint density at radius 2 is 0.644 bits per heavy atom. The lowest BCUT2D eigenvalue weighted by Crippen LogP contribution is -2.47. The second-order valence-electron chi connectivity index (χ2n) is 29.5. The molecule has 4 N–H and O–H groups in total. The Balaban J connectivity index is 2.45. The summed E-state index contributed by atoms with van der Waals surface area (Å²) in [5.74, 6) is 2.11. The lowest BCUT2D eigenvalue weighted by molar-refractivity contribution is -0.144. The van der Waals surface area contributed by atoms with E-state index in [0.29, 0.717) is 39.2 Å². The molecule has 1 aliphatic heterocycles. The number of nitrogens with zero attached hydrogens (tertiary/aromatic N) is 4. The first-order valence-electron chi connectivity index (χ1n) is 42.9. The van der Waals surface area contributed by atoms with Crippen molar-refractivity contribution in [1.82, 2.24) is 19.6 Å². The Bertz CT molecular complexity index is 1870. The molecular formula is C89H164N4O6S2. The average Bonchev–Trinajstić information content (AvgIpc) is 1.10. The number of piperazine rings is 1. The third-order valence-corrected chi connectivity index (χ3v) is 22.1. The molecule has 0 saturated carbocycles. The van der Waals surface area contributed by atoms with Crippen molar-refractivity contribution in [3.8, 4) is 0 Å². The van der Waals surface area contributed by atoms with Crippen LogP contribution >= 0.6 is 21.6 Å². The van der Waals surface area contributed by atoms with Crippen molar-refractivity contribution < 1.29 is 30.0 Å². The zero-order chi connectivity index (χ0) is 72.9. The molecule has 0 aromatic rings. The summed E-state index contributed by atoms with van der Waals surface area (Å²) in [6, 6.07) is 0. The van der Waals surface area contributed by atoms with Crippen LogP contribution in [-0.4, -0.2) is 167 Å². The number of aliphatic hydroxyl groups is 4. The van der Waals surface area contributed by atoms with E-state index in [0.717, 1.165) is 205 Å². The molecule has 1 fully saturated rings. The second-order valence-corrected chi connectivity index (χ2v) is 32.2. The van der Waals surface area contributed by atoms with Crippen LogP contribution in [0.1, 0.15) is 342 Å². The van der Waals surface area contributed by atoms with Gasteiger partial charge in [0.2, 0.25) is 0 Å². The molecule has 4 atom stereocenters. The summed E-state index contributed by atoms with van der Waals surface area (Å²) < 4.78 is 5.76. The van der Waals surface area contributed by atoms with Crippen molar-refractivity contribution in [3.63, 3.8) is 0 Å². The topological polar surface area (TPSA) is 120 Å². The van der Waals surface area contributed by atoms with Crippen LogP contribution in [0.5, 0.6) is 0 Å². The molecule has 12 heteroatoms. The molecule has 0 aromatic heterocycles. The number of rotatable bonds is 77. The van der Waals surface area contributed by atoms with Crippen LogP contribution in [0.3, 0.4) is 0 Å². The van der Waals surface area contributed by atoms with Crippen LogP contribution in [0.2, 0.25) is 0 Å². The van der Waals surface area contributed by atoms with Crippen molar-refractivity contribution in [2.24, 2.45) is 0 Å². The van der Waals surface area contributed by atoms with Crippen LogP contribution in [0.4, 0.5) is 0 Å². The number of hydrogen-bond acceptors (Lipinski definition) is 12. The number of carbonyl (C=O) groups excluding carboxylic acids is 1. The lowest BCUT2D eigenvalue weighted by atomic mass is 10.1. The minimum atomic E-state index is -0.421. The molecule has 10 nitrogen and oxygen atoms in total. The van der Waals surface area contributed by atoms with Crippen molar-refractivity contribution in [2.75, 3.05) is 96.6 Å².